The Balaban J connectivity index is 1.50. The van der Waals surface area contributed by atoms with Crippen LogP contribution >= 0.6 is 22.9 Å². The molecule has 164 valence electrons. The van der Waals surface area contributed by atoms with Gasteiger partial charge in [-0.2, -0.15) is 0 Å². The van der Waals surface area contributed by atoms with Crippen LogP contribution in [0.2, 0.25) is 5.02 Å². The lowest BCUT2D eigenvalue weighted by Gasteiger charge is -2.29. The Labute approximate surface area is 194 Å². The summed E-state index contributed by atoms with van der Waals surface area (Å²) in [5.74, 6) is -0.209. The number of anilines is 1. The molecule has 0 aliphatic carbocycles. The van der Waals surface area contributed by atoms with Gasteiger partial charge in [0, 0.05) is 31.2 Å². The van der Waals surface area contributed by atoms with Crippen LogP contribution in [-0.4, -0.2) is 65.2 Å². The molecule has 1 saturated heterocycles. The van der Waals surface area contributed by atoms with Gasteiger partial charge in [0.1, 0.15) is 5.69 Å². The van der Waals surface area contributed by atoms with Crippen molar-refractivity contribution >= 4 is 55.2 Å². The Hall–Kier alpha value is -2.65. The van der Waals surface area contributed by atoms with Crippen LogP contribution in [0.4, 0.5) is 5.13 Å². The molecule has 0 N–H and O–H groups in total. The molecule has 0 unspecified atom stereocenters. The molecule has 7 nitrogen and oxygen atoms in total. The number of carbonyl (C=O) groups is 1. The predicted molar refractivity (Wildman–Crippen MR) is 128 cm³/mol. The number of hydrogen-bond acceptors (Lipinski definition) is 7. The number of halogens is 1. The van der Waals surface area contributed by atoms with Crippen molar-refractivity contribution < 1.29 is 9.53 Å². The Bertz CT molecular complexity index is 1290. The first kappa shape index (κ1) is 21.2. The van der Waals surface area contributed by atoms with Crippen molar-refractivity contribution in [2.45, 2.75) is 6.92 Å². The van der Waals surface area contributed by atoms with Crippen molar-refractivity contribution in [3.05, 3.63) is 58.9 Å². The fourth-order valence-corrected chi connectivity index (χ4v) is 5.25. The highest BCUT2D eigenvalue weighted by Gasteiger charge is 2.25. The van der Waals surface area contributed by atoms with Gasteiger partial charge in [0.25, 0.3) is 5.91 Å². The summed E-state index contributed by atoms with van der Waals surface area (Å²) < 4.78 is 6.41. The molecule has 1 fully saturated rings. The number of thiazole rings is 1. The van der Waals surface area contributed by atoms with Crippen LogP contribution in [0.3, 0.4) is 0 Å². The summed E-state index contributed by atoms with van der Waals surface area (Å²) in [6.45, 7) is 6.34. The van der Waals surface area contributed by atoms with Crippen molar-refractivity contribution in [1.29, 1.82) is 0 Å². The summed E-state index contributed by atoms with van der Waals surface area (Å²) in [6, 6.07) is 11.3. The molecular weight excluding hydrogens is 446 g/mol. The number of rotatable bonds is 5. The molecule has 2 aromatic heterocycles. The number of fused-ring (bicyclic) bond motifs is 2. The number of benzene rings is 2. The standard InChI is InChI=1S/C23H22ClN5O2S/c1-15-12-16(24)13-20-21(15)27-23(32-20)29(7-6-28-8-10-31-11-9-28)22(30)19-14-25-17-4-2-3-5-18(17)26-19/h2-5,12-14H,6-11H2,1H3. The molecule has 0 spiro atoms. The van der Waals surface area contributed by atoms with Crippen LogP contribution in [0.15, 0.2) is 42.6 Å². The minimum Gasteiger partial charge on any atom is -0.379 e. The zero-order valence-corrected chi connectivity index (χ0v) is 19.2. The van der Waals surface area contributed by atoms with Gasteiger partial charge in [-0.15, -0.1) is 0 Å². The van der Waals surface area contributed by atoms with E-state index in [2.05, 4.69) is 14.9 Å². The van der Waals surface area contributed by atoms with E-state index in [9.17, 15) is 4.79 Å². The van der Waals surface area contributed by atoms with Crippen LogP contribution in [0, 0.1) is 6.92 Å². The monoisotopic (exact) mass is 467 g/mol. The fraction of sp³-hybridized carbons (Fsp3) is 0.304. The maximum atomic E-state index is 13.6. The van der Waals surface area contributed by atoms with Gasteiger partial charge in [-0.3, -0.25) is 19.6 Å². The number of hydrogen-bond donors (Lipinski definition) is 0. The summed E-state index contributed by atoms with van der Waals surface area (Å²) in [5.41, 5.74) is 3.61. The average Bonchev–Trinajstić information content (AvgIpc) is 3.23. The Morgan fingerprint density at radius 2 is 1.97 bits per heavy atom. The highest BCUT2D eigenvalue weighted by atomic mass is 35.5. The summed E-state index contributed by atoms with van der Waals surface area (Å²) in [6.07, 6.45) is 1.54. The first-order valence-corrected chi connectivity index (χ1v) is 11.7. The van der Waals surface area contributed by atoms with Crippen LogP contribution in [0.1, 0.15) is 16.1 Å². The van der Waals surface area contributed by atoms with Gasteiger partial charge in [-0.25, -0.2) is 9.97 Å². The van der Waals surface area contributed by atoms with Gasteiger partial charge in [0.15, 0.2) is 5.13 Å². The molecule has 1 amide bonds. The SMILES string of the molecule is Cc1cc(Cl)cc2sc(N(CCN3CCOCC3)C(=O)c3cnc4ccccc4n3)nc12. The highest BCUT2D eigenvalue weighted by molar-refractivity contribution is 7.22. The molecule has 0 bridgehead atoms. The van der Waals surface area contributed by atoms with Gasteiger partial charge >= 0.3 is 0 Å². The van der Waals surface area contributed by atoms with Crippen LogP contribution in [0.25, 0.3) is 21.3 Å². The Morgan fingerprint density at radius 3 is 2.78 bits per heavy atom. The molecule has 1 aliphatic rings. The average molecular weight is 468 g/mol. The molecular formula is C23H22ClN5O2S. The first-order valence-electron chi connectivity index (χ1n) is 10.5. The Morgan fingerprint density at radius 1 is 1.19 bits per heavy atom. The van der Waals surface area contributed by atoms with Crippen LogP contribution < -0.4 is 4.90 Å². The summed E-state index contributed by atoms with van der Waals surface area (Å²) in [7, 11) is 0. The van der Waals surface area contributed by atoms with Crippen molar-refractivity contribution in [3.63, 3.8) is 0 Å². The largest absolute Gasteiger partial charge is 0.379 e. The van der Waals surface area contributed by atoms with Crippen LogP contribution in [0.5, 0.6) is 0 Å². The maximum absolute atomic E-state index is 13.6. The molecule has 4 aromatic rings. The number of morpholine rings is 1. The third-order valence-corrected chi connectivity index (χ3v) is 6.77. The lowest BCUT2D eigenvalue weighted by Crippen LogP contribution is -2.43. The summed E-state index contributed by atoms with van der Waals surface area (Å²) in [5, 5.41) is 1.30. The minimum absolute atomic E-state index is 0.209. The molecule has 0 radical (unpaired) electrons. The molecule has 9 heteroatoms. The number of aryl methyl sites for hydroxylation is 1. The van der Waals surface area contributed by atoms with E-state index in [1.807, 2.05) is 43.3 Å². The van der Waals surface area contributed by atoms with Gasteiger partial charge < -0.3 is 4.74 Å². The zero-order valence-electron chi connectivity index (χ0n) is 17.6. The van der Waals surface area contributed by atoms with E-state index < -0.39 is 0 Å². The maximum Gasteiger partial charge on any atom is 0.280 e. The lowest BCUT2D eigenvalue weighted by atomic mass is 10.2. The number of nitrogens with zero attached hydrogens (tertiary/aromatic N) is 5. The predicted octanol–water partition coefficient (Wildman–Crippen LogP) is 4.18. The molecule has 0 saturated carbocycles. The zero-order chi connectivity index (χ0) is 22.1. The number of para-hydroxylation sites is 2. The Kier molecular flexibility index (Phi) is 6.01. The number of amides is 1. The van der Waals surface area contributed by atoms with Crippen molar-refractivity contribution in [2.24, 2.45) is 0 Å². The summed E-state index contributed by atoms with van der Waals surface area (Å²) in [4.78, 5) is 31.4. The van der Waals surface area contributed by atoms with Gasteiger partial charge in [0.2, 0.25) is 0 Å². The number of ether oxygens (including phenoxy) is 1. The van der Waals surface area contributed by atoms with E-state index in [1.165, 1.54) is 11.3 Å². The minimum atomic E-state index is -0.209. The third-order valence-electron chi connectivity index (χ3n) is 5.53. The van der Waals surface area contributed by atoms with Gasteiger partial charge in [0.05, 0.1) is 40.7 Å². The molecule has 1 aliphatic heterocycles. The lowest BCUT2D eigenvalue weighted by molar-refractivity contribution is 0.0391. The topological polar surface area (TPSA) is 71.5 Å². The first-order chi connectivity index (χ1) is 15.6. The third kappa shape index (κ3) is 4.31. The highest BCUT2D eigenvalue weighted by Crippen LogP contribution is 2.33. The second kappa shape index (κ2) is 9.07. The summed E-state index contributed by atoms with van der Waals surface area (Å²) >= 11 is 7.72. The van der Waals surface area contributed by atoms with E-state index >= 15 is 0 Å². The van der Waals surface area contributed by atoms with E-state index in [0.29, 0.717) is 41.1 Å². The second-order valence-electron chi connectivity index (χ2n) is 7.72. The van der Waals surface area contributed by atoms with E-state index in [4.69, 9.17) is 21.3 Å². The molecule has 5 rings (SSSR count). The van der Waals surface area contributed by atoms with E-state index in [0.717, 1.165) is 40.9 Å². The van der Waals surface area contributed by atoms with Crippen molar-refractivity contribution in [1.82, 2.24) is 19.9 Å². The van der Waals surface area contributed by atoms with E-state index in [1.54, 1.807) is 11.1 Å². The van der Waals surface area contributed by atoms with Gasteiger partial charge in [-0.1, -0.05) is 35.1 Å². The molecule has 3 heterocycles. The molecule has 0 atom stereocenters. The van der Waals surface area contributed by atoms with Crippen LogP contribution in [-0.2, 0) is 4.74 Å². The molecule has 2 aromatic carbocycles. The normalized spacial score (nSPS) is 14.8. The smallest absolute Gasteiger partial charge is 0.280 e. The number of carbonyl (C=O) groups excluding carboxylic acids is 1. The quantitative estimate of drug-likeness (QED) is 0.438. The van der Waals surface area contributed by atoms with Gasteiger partial charge in [-0.05, 0) is 36.8 Å². The van der Waals surface area contributed by atoms with Crippen molar-refractivity contribution in [2.75, 3.05) is 44.3 Å². The fourth-order valence-electron chi connectivity index (χ4n) is 3.81. The number of aromatic nitrogens is 3. The second-order valence-corrected chi connectivity index (χ2v) is 9.17. The van der Waals surface area contributed by atoms with E-state index in [-0.39, 0.29) is 5.91 Å². The molecule has 32 heavy (non-hydrogen) atoms. The van der Waals surface area contributed by atoms with Crippen molar-refractivity contribution in [3.8, 4) is 0 Å².